The number of nitrogens with one attached hydrogen (secondary N) is 1. The maximum atomic E-state index is 12.8. The standard InChI is InChI=1S/C20H23F3N2O3.C2H6/c1-13(9-14-5-7-17(8-6-14)28-12-19(24)27)25-11-18(26)15-3-2-4-16(10-15)20(21,22)23;1-2/h2-8,10,13,18,25-26H,9,11-12H2,1H3,(H2,24,27);1-2H3. The maximum Gasteiger partial charge on any atom is 0.416 e. The number of aliphatic hydroxyl groups excluding tert-OH is 1. The Morgan fingerprint density at radius 2 is 1.80 bits per heavy atom. The summed E-state index contributed by atoms with van der Waals surface area (Å²) < 4.78 is 43.5. The van der Waals surface area contributed by atoms with E-state index >= 15 is 0 Å². The normalized spacial score (nSPS) is 13.0. The minimum Gasteiger partial charge on any atom is -0.484 e. The van der Waals surface area contributed by atoms with Crippen molar-refractivity contribution in [3.63, 3.8) is 0 Å². The number of hydrogen-bond donors (Lipinski definition) is 3. The molecule has 2 aromatic rings. The van der Waals surface area contributed by atoms with Crippen LogP contribution in [0.4, 0.5) is 13.2 Å². The molecule has 166 valence electrons. The van der Waals surface area contributed by atoms with Gasteiger partial charge >= 0.3 is 6.18 Å². The first kappa shape index (κ1) is 25.5. The van der Waals surface area contributed by atoms with Crippen molar-refractivity contribution in [1.29, 1.82) is 0 Å². The lowest BCUT2D eigenvalue weighted by Crippen LogP contribution is -2.32. The lowest BCUT2D eigenvalue weighted by molar-refractivity contribution is -0.137. The average Bonchev–Trinajstić information content (AvgIpc) is 2.72. The molecule has 2 unspecified atom stereocenters. The van der Waals surface area contributed by atoms with Crippen molar-refractivity contribution in [1.82, 2.24) is 5.32 Å². The number of carbonyl (C=O) groups excluding carboxylic acids is 1. The number of carbonyl (C=O) groups is 1. The third kappa shape index (κ3) is 8.84. The van der Waals surface area contributed by atoms with Gasteiger partial charge in [-0.3, -0.25) is 4.79 Å². The van der Waals surface area contributed by atoms with E-state index in [1.165, 1.54) is 12.1 Å². The van der Waals surface area contributed by atoms with E-state index in [9.17, 15) is 23.1 Å². The molecule has 8 heteroatoms. The van der Waals surface area contributed by atoms with Crippen LogP contribution in [0.1, 0.15) is 43.6 Å². The zero-order valence-electron chi connectivity index (χ0n) is 17.4. The van der Waals surface area contributed by atoms with Crippen LogP contribution in [0.3, 0.4) is 0 Å². The summed E-state index contributed by atoms with van der Waals surface area (Å²) in [6, 6.07) is 11.8. The van der Waals surface area contributed by atoms with E-state index in [-0.39, 0.29) is 24.8 Å². The number of ether oxygens (including phenoxy) is 1. The molecule has 0 heterocycles. The molecule has 0 saturated carbocycles. The van der Waals surface area contributed by atoms with Crippen LogP contribution >= 0.6 is 0 Å². The minimum absolute atomic E-state index is 0.0159. The summed E-state index contributed by atoms with van der Waals surface area (Å²) in [4.78, 5) is 10.7. The van der Waals surface area contributed by atoms with Gasteiger partial charge in [-0.25, -0.2) is 0 Å². The molecule has 5 nitrogen and oxygen atoms in total. The van der Waals surface area contributed by atoms with Crippen LogP contribution in [0.2, 0.25) is 0 Å². The molecule has 0 bridgehead atoms. The molecule has 1 amide bonds. The van der Waals surface area contributed by atoms with E-state index in [2.05, 4.69) is 5.32 Å². The second-order valence-corrected chi connectivity index (χ2v) is 6.55. The van der Waals surface area contributed by atoms with Gasteiger partial charge in [-0.05, 0) is 48.7 Å². The van der Waals surface area contributed by atoms with Gasteiger partial charge in [0.1, 0.15) is 5.75 Å². The molecule has 0 fully saturated rings. The zero-order valence-corrected chi connectivity index (χ0v) is 17.4. The maximum absolute atomic E-state index is 12.8. The number of alkyl halides is 3. The summed E-state index contributed by atoms with van der Waals surface area (Å²) >= 11 is 0. The monoisotopic (exact) mass is 426 g/mol. The molecule has 2 aromatic carbocycles. The molecular weight excluding hydrogens is 397 g/mol. The van der Waals surface area contributed by atoms with Crippen molar-refractivity contribution >= 4 is 5.91 Å². The van der Waals surface area contributed by atoms with E-state index < -0.39 is 23.8 Å². The third-order valence-electron chi connectivity index (χ3n) is 4.10. The van der Waals surface area contributed by atoms with Crippen molar-refractivity contribution in [2.45, 2.75) is 45.5 Å². The van der Waals surface area contributed by atoms with Crippen molar-refractivity contribution in [3.05, 3.63) is 65.2 Å². The summed E-state index contributed by atoms with van der Waals surface area (Å²) in [5, 5.41) is 13.3. The van der Waals surface area contributed by atoms with Gasteiger partial charge in [0.05, 0.1) is 11.7 Å². The number of halogens is 3. The summed E-state index contributed by atoms with van der Waals surface area (Å²) in [7, 11) is 0. The first-order valence-electron chi connectivity index (χ1n) is 9.74. The molecule has 30 heavy (non-hydrogen) atoms. The molecule has 0 radical (unpaired) electrons. The van der Waals surface area contributed by atoms with Crippen LogP contribution in [-0.4, -0.2) is 30.2 Å². The van der Waals surface area contributed by atoms with Crippen LogP contribution in [0.25, 0.3) is 0 Å². The lowest BCUT2D eigenvalue weighted by Gasteiger charge is -2.18. The Kier molecular flexibility index (Phi) is 10.3. The van der Waals surface area contributed by atoms with Gasteiger partial charge < -0.3 is 20.9 Å². The van der Waals surface area contributed by atoms with Gasteiger partial charge in [0.2, 0.25) is 0 Å². The Labute approximate surface area is 175 Å². The number of rotatable bonds is 9. The predicted octanol–water partition coefficient (Wildman–Crippen LogP) is 3.85. The number of benzene rings is 2. The molecular formula is C22H29F3N2O3. The summed E-state index contributed by atoms with van der Waals surface area (Å²) in [6.07, 6.45) is -4.84. The largest absolute Gasteiger partial charge is 0.484 e. The van der Waals surface area contributed by atoms with Gasteiger partial charge in [0.25, 0.3) is 5.91 Å². The molecule has 2 rings (SSSR count). The van der Waals surface area contributed by atoms with Crippen LogP contribution in [0.5, 0.6) is 5.75 Å². The lowest BCUT2D eigenvalue weighted by atomic mass is 10.0. The fourth-order valence-corrected chi connectivity index (χ4v) is 2.65. The highest BCUT2D eigenvalue weighted by Crippen LogP contribution is 2.30. The van der Waals surface area contributed by atoms with E-state index in [0.29, 0.717) is 12.2 Å². The second-order valence-electron chi connectivity index (χ2n) is 6.55. The quantitative estimate of drug-likeness (QED) is 0.569. The summed E-state index contributed by atoms with van der Waals surface area (Å²) in [5.74, 6) is -0.0237. The average molecular weight is 426 g/mol. The first-order chi connectivity index (χ1) is 14.1. The number of aliphatic hydroxyl groups is 1. The van der Waals surface area contributed by atoms with E-state index in [0.717, 1.165) is 17.7 Å². The third-order valence-corrected chi connectivity index (χ3v) is 4.10. The Balaban J connectivity index is 0.00000218. The van der Waals surface area contributed by atoms with Gasteiger partial charge in [-0.2, -0.15) is 13.2 Å². The van der Waals surface area contributed by atoms with Crippen LogP contribution in [-0.2, 0) is 17.4 Å². The molecule has 0 aromatic heterocycles. The number of amides is 1. The Morgan fingerprint density at radius 3 is 2.37 bits per heavy atom. The van der Waals surface area contributed by atoms with Gasteiger partial charge in [0.15, 0.2) is 6.61 Å². The molecule has 0 spiro atoms. The van der Waals surface area contributed by atoms with Crippen LogP contribution < -0.4 is 15.8 Å². The SMILES string of the molecule is CC.CC(Cc1ccc(OCC(N)=O)cc1)NCC(O)c1cccc(C(F)(F)F)c1. The highest BCUT2D eigenvalue weighted by Gasteiger charge is 2.30. The first-order valence-corrected chi connectivity index (χ1v) is 9.74. The summed E-state index contributed by atoms with van der Waals surface area (Å²) in [6.45, 7) is 5.85. The van der Waals surface area contributed by atoms with Crippen molar-refractivity contribution in [3.8, 4) is 5.75 Å². The number of nitrogens with two attached hydrogens (primary N) is 1. The van der Waals surface area contributed by atoms with Crippen molar-refractivity contribution in [2.75, 3.05) is 13.2 Å². The highest BCUT2D eigenvalue weighted by molar-refractivity contribution is 5.75. The fourth-order valence-electron chi connectivity index (χ4n) is 2.65. The van der Waals surface area contributed by atoms with E-state index in [1.54, 1.807) is 12.1 Å². The Hall–Kier alpha value is -2.58. The highest BCUT2D eigenvalue weighted by atomic mass is 19.4. The van der Waals surface area contributed by atoms with Crippen LogP contribution in [0, 0.1) is 0 Å². The second kappa shape index (κ2) is 12.2. The zero-order chi connectivity index (χ0) is 22.7. The van der Waals surface area contributed by atoms with Crippen molar-refractivity contribution < 1.29 is 27.8 Å². The minimum atomic E-state index is -4.44. The van der Waals surface area contributed by atoms with E-state index in [1.807, 2.05) is 32.9 Å². The molecule has 0 aliphatic rings. The van der Waals surface area contributed by atoms with Crippen molar-refractivity contribution in [2.24, 2.45) is 5.73 Å². The Morgan fingerprint density at radius 1 is 1.17 bits per heavy atom. The molecule has 0 aliphatic carbocycles. The summed E-state index contributed by atoms with van der Waals surface area (Å²) in [5.41, 5.74) is 5.45. The van der Waals surface area contributed by atoms with Gasteiger partial charge in [0, 0.05) is 12.6 Å². The van der Waals surface area contributed by atoms with Gasteiger partial charge in [-0.15, -0.1) is 0 Å². The number of hydrogen-bond acceptors (Lipinski definition) is 4. The van der Waals surface area contributed by atoms with Gasteiger partial charge in [-0.1, -0.05) is 38.1 Å². The topological polar surface area (TPSA) is 84.6 Å². The molecule has 4 N–H and O–H groups in total. The predicted molar refractivity (Wildman–Crippen MR) is 110 cm³/mol. The smallest absolute Gasteiger partial charge is 0.416 e. The van der Waals surface area contributed by atoms with E-state index in [4.69, 9.17) is 10.5 Å². The molecule has 0 saturated heterocycles. The number of primary amides is 1. The fraction of sp³-hybridized carbons (Fsp3) is 0.409. The van der Waals surface area contributed by atoms with Crippen LogP contribution in [0.15, 0.2) is 48.5 Å². The molecule has 0 aliphatic heterocycles. The molecule has 2 atom stereocenters. The Bertz CT molecular complexity index is 780.